The Balaban J connectivity index is 1.98. The summed E-state index contributed by atoms with van der Waals surface area (Å²) in [4.78, 5) is 6.87. The number of anilines is 1. The van der Waals surface area contributed by atoms with Gasteiger partial charge in [-0.1, -0.05) is 13.0 Å². The SMILES string of the molecule is CCC(N)Cc1ccc(N2CCCC2)nc1. The molecule has 1 aliphatic heterocycles. The van der Waals surface area contributed by atoms with Gasteiger partial charge in [0.05, 0.1) is 0 Å². The van der Waals surface area contributed by atoms with E-state index in [9.17, 15) is 0 Å². The highest BCUT2D eigenvalue weighted by Crippen LogP contribution is 2.17. The molecule has 1 atom stereocenters. The van der Waals surface area contributed by atoms with Crippen LogP contribution in [0.15, 0.2) is 18.3 Å². The lowest BCUT2D eigenvalue weighted by molar-refractivity contribution is 0.645. The molecule has 0 aromatic carbocycles. The molecule has 0 saturated carbocycles. The maximum atomic E-state index is 5.93. The molecule has 1 unspecified atom stereocenters. The molecule has 2 heterocycles. The molecular weight excluding hydrogens is 198 g/mol. The number of hydrogen-bond donors (Lipinski definition) is 1. The van der Waals surface area contributed by atoms with E-state index in [1.165, 1.54) is 18.4 Å². The summed E-state index contributed by atoms with van der Waals surface area (Å²) in [5, 5.41) is 0. The van der Waals surface area contributed by atoms with Crippen LogP contribution in [0, 0.1) is 0 Å². The molecule has 2 rings (SSSR count). The van der Waals surface area contributed by atoms with Crippen molar-refractivity contribution >= 4 is 5.82 Å². The molecule has 16 heavy (non-hydrogen) atoms. The van der Waals surface area contributed by atoms with Crippen LogP contribution < -0.4 is 10.6 Å². The number of nitrogens with zero attached hydrogens (tertiary/aromatic N) is 2. The van der Waals surface area contributed by atoms with Crippen molar-refractivity contribution in [3.8, 4) is 0 Å². The van der Waals surface area contributed by atoms with E-state index in [2.05, 4.69) is 28.9 Å². The van der Waals surface area contributed by atoms with Crippen LogP contribution >= 0.6 is 0 Å². The molecule has 1 fully saturated rings. The van der Waals surface area contributed by atoms with Crippen molar-refractivity contribution in [1.82, 2.24) is 4.98 Å². The second-order valence-electron chi connectivity index (χ2n) is 4.59. The van der Waals surface area contributed by atoms with Gasteiger partial charge in [0, 0.05) is 25.3 Å². The number of rotatable bonds is 4. The van der Waals surface area contributed by atoms with Crippen LogP contribution in [0.1, 0.15) is 31.7 Å². The lowest BCUT2D eigenvalue weighted by atomic mass is 10.1. The van der Waals surface area contributed by atoms with Crippen LogP contribution in [0.25, 0.3) is 0 Å². The van der Waals surface area contributed by atoms with Gasteiger partial charge in [-0.05, 0) is 37.3 Å². The summed E-state index contributed by atoms with van der Waals surface area (Å²) < 4.78 is 0. The zero-order valence-corrected chi connectivity index (χ0v) is 10.0. The van der Waals surface area contributed by atoms with Gasteiger partial charge < -0.3 is 10.6 Å². The van der Waals surface area contributed by atoms with Crippen LogP contribution in [-0.2, 0) is 6.42 Å². The van der Waals surface area contributed by atoms with Gasteiger partial charge in [0.25, 0.3) is 0 Å². The Morgan fingerprint density at radius 2 is 2.12 bits per heavy atom. The van der Waals surface area contributed by atoms with E-state index in [1.54, 1.807) is 0 Å². The van der Waals surface area contributed by atoms with Crippen molar-refractivity contribution < 1.29 is 0 Å². The topological polar surface area (TPSA) is 42.1 Å². The van der Waals surface area contributed by atoms with Crippen molar-refractivity contribution in [3.63, 3.8) is 0 Å². The monoisotopic (exact) mass is 219 g/mol. The molecule has 3 heteroatoms. The molecule has 0 spiro atoms. The van der Waals surface area contributed by atoms with Crippen LogP contribution in [0.2, 0.25) is 0 Å². The average molecular weight is 219 g/mol. The zero-order valence-electron chi connectivity index (χ0n) is 10.0. The minimum Gasteiger partial charge on any atom is -0.357 e. The number of hydrogen-bond acceptors (Lipinski definition) is 3. The largest absolute Gasteiger partial charge is 0.357 e. The van der Waals surface area contributed by atoms with Crippen LogP contribution in [0.4, 0.5) is 5.82 Å². The first-order valence-corrected chi connectivity index (χ1v) is 6.25. The fraction of sp³-hybridized carbons (Fsp3) is 0.615. The molecule has 88 valence electrons. The Bertz CT molecular complexity index is 314. The van der Waals surface area contributed by atoms with Gasteiger partial charge in [-0.2, -0.15) is 0 Å². The fourth-order valence-corrected chi connectivity index (χ4v) is 2.12. The first-order chi connectivity index (χ1) is 7.79. The Morgan fingerprint density at radius 3 is 2.69 bits per heavy atom. The minimum atomic E-state index is 0.263. The maximum absolute atomic E-state index is 5.93. The second-order valence-corrected chi connectivity index (χ2v) is 4.59. The van der Waals surface area contributed by atoms with Crippen molar-refractivity contribution in [2.75, 3.05) is 18.0 Å². The summed E-state index contributed by atoms with van der Waals surface area (Å²) in [6.45, 7) is 4.43. The minimum absolute atomic E-state index is 0.263. The highest BCUT2D eigenvalue weighted by molar-refractivity contribution is 5.40. The van der Waals surface area contributed by atoms with Crippen LogP contribution in [0.5, 0.6) is 0 Å². The molecule has 2 N–H and O–H groups in total. The quantitative estimate of drug-likeness (QED) is 0.841. The molecule has 1 aromatic rings. The Morgan fingerprint density at radius 1 is 1.38 bits per heavy atom. The Kier molecular flexibility index (Phi) is 3.78. The summed E-state index contributed by atoms with van der Waals surface area (Å²) in [5.74, 6) is 1.12. The molecule has 1 aromatic heterocycles. The molecule has 1 aliphatic rings. The Labute approximate surface area is 97.7 Å². The third-order valence-electron chi connectivity index (χ3n) is 3.26. The van der Waals surface area contributed by atoms with E-state index in [-0.39, 0.29) is 6.04 Å². The summed E-state index contributed by atoms with van der Waals surface area (Å²) in [7, 11) is 0. The van der Waals surface area contributed by atoms with Gasteiger partial charge in [0.1, 0.15) is 5.82 Å². The van der Waals surface area contributed by atoms with E-state index >= 15 is 0 Å². The third-order valence-corrected chi connectivity index (χ3v) is 3.26. The van der Waals surface area contributed by atoms with E-state index < -0.39 is 0 Å². The van der Waals surface area contributed by atoms with E-state index in [4.69, 9.17) is 5.73 Å². The van der Waals surface area contributed by atoms with Crippen LogP contribution in [-0.4, -0.2) is 24.1 Å². The second kappa shape index (κ2) is 5.30. The highest BCUT2D eigenvalue weighted by Gasteiger charge is 2.13. The smallest absolute Gasteiger partial charge is 0.128 e. The summed E-state index contributed by atoms with van der Waals surface area (Å²) in [6, 6.07) is 4.55. The predicted molar refractivity (Wildman–Crippen MR) is 67.7 cm³/mol. The first-order valence-electron chi connectivity index (χ1n) is 6.25. The first kappa shape index (κ1) is 11.4. The van der Waals surface area contributed by atoms with Crippen LogP contribution in [0.3, 0.4) is 0 Å². The molecule has 0 aliphatic carbocycles. The molecule has 3 nitrogen and oxygen atoms in total. The van der Waals surface area contributed by atoms with Gasteiger partial charge in [-0.3, -0.25) is 0 Å². The van der Waals surface area contributed by atoms with Gasteiger partial charge in [-0.25, -0.2) is 4.98 Å². The molecular formula is C13H21N3. The molecule has 0 bridgehead atoms. The third kappa shape index (κ3) is 2.73. The van der Waals surface area contributed by atoms with Gasteiger partial charge in [0.2, 0.25) is 0 Å². The van der Waals surface area contributed by atoms with Gasteiger partial charge in [-0.15, -0.1) is 0 Å². The molecule has 0 amide bonds. The lowest BCUT2D eigenvalue weighted by Crippen LogP contribution is -2.22. The standard InChI is InChI=1S/C13H21N3/c1-2-12(14)9-11-5-6-13(15-10-11)16-7-3-4-8-16/h5-6,10,12H,2-4,7-9,14H2,1H3. The van der Waals surface area contributed by atoms with Crippen molar-refractivity contribution in [2.24, 2.45) is 5.73 Å². The van der Waals surface area contributed by atoms with E-state index in [0.717, 1.165) is 31.7 Å². The maximum Gasteiger partial charge on any atom is 0.128 e. The lowest BCUT2D eigenvalue weighted by Gasteiger charge is -2.16. The number of aromatic nitrogens is 1. The van der Waals surface area contributed by atoms with Crippen molar-refractivity contribution in [3.05, 3.63) is 23.9 Å². The van der Waals surface area contributed by atoms with E-state index in [1.807, 2.05) is 6.20 Å². The zero-order chi connectivity index (χ0) is 11.4. The molecule has 0 radical (unpaired) electrons. The highest BCUT2D eigenvalue weighted by atomic mass is 15.2. The average Bonchev–Trinajstić information content (AvgIpc) is 2.83. The number of nitrogens with two attached hydrogens (primary N) is 1. The van der Waals surface area contributed by atoms with Crippen molar-refractivity contribution in [1.29, 1.82) is 0 Å². The summed E-state index contributed by atoms with van der Waals surface area (Å²) in [6.07, 6.45) is 6.52. The summed E-state index contributed by atoms with van der Waals surface area (Å²) >= 11 is 0. The Hall–Kier alpha value is -1.09. The predicted octanol–water partition coefficient (Wildman–Crippen LogP) is 1.96. The summed E-state index contributed by atoms with van der Waals surface area (Å²) in [5.41, 5.74) is 7.17. The molecule has 1 saturated heterocycles. The van der Waals surface area contributed by atoms with Gasteiger partial charge >= 0.3 is 0 Å². The van der Waals surface area contributed by atoms with Gasteiger partial charge in [0.15, 0.2) is 0 Å². The fourth-order valence-electron chi connectivity index (χ4n) is 2.12. The van der Waals surface area contributed by atoms with Crippen molar-refractivity contribution in [2.45, 2.75) is 38.6 Å². The normalized spacial score (nSPS) is 17.8. The van der Waals surface area contributed by atoms with E-state index in [0.29, 0.717) is 0 Å². The number of pyridine rings is 1.